The summed E-state index contributed by atoms with van der Waals surface area (Å²) in [4.78, 5) is 26.0. The van der Waals surface area contributed by atoms with E-state index in [1.54, 1.807) is 12.1 Å². The maximum atomic E-state index is 12.2. The minimum absolute atomic E-state index is 0.0116. The zero-order valence-electron chi connectivity index (χ0n) is 18.3. The van der Waals surface area contributed by atoms with Gasteiger partial charge in [-0.2, -0.15) is 4.37 Å². The predicted molar refractivity (Wildman–Crippen MR) is 129 cm³/mol. The molecule has 11 heteroatoms. The Morgan fingerprint density at radius 3 is 2.56 bits per heavy atom. The summed E-state index contributed by atoms with van der Waals surface area (Å²) in [6.07, 6.45) is 4.07. The van der Waals surface area contributed by atoms with E-state index in [2.05, 4.69) is 19.9 Å². The molecule has 0 aliphatic rings. The molecule has 1 heterocycles. The van der Waals surface area contributed by atoms with E-state index in [1.807, 2.05) is 21.0 Å². The van der Waals surface area contributed by atoms with Crippen LogP contribution in [0.2, 0.25) is 10.0 Å². The Labute approximate surface area is 202 Å². The maximum absolute atomic E-state index is 12.2. The zero-order chi connectivity index (χ0) is 23.7. The lowest BCUT2D eigenvalue weighted by Crippen LogP contribution is -2.29. The van der Waals surface area contributed by atoms with Crippen molar-refractivity contribution in [2.45, 2.75) is 39.2 Å². The van der Waals surface area contributed by atoms with Crippen molar-refractivity contribution in [3.05, 3.63) is 38.9 Å². The van der Waals surface area contributed by atoms with E-state index in [1.165, 1.54) is 0 Å². The Hall–Kier alpha value is -2.07. The third kappa shape index (κ3) is 8.12. The number of carboxylic acids is 1. The number of rotatable bonds is 12. The van der Waals surface area contributed by atoms with Crippen molar-refractivity contribution in [1.82, 2.24) is 14.6 Å². The van der Waals surface area contributed by atoms with E-state index < -0.39 is 12.0 Å². The first-order valence-electron chi connectivity index (χ1n) is 10.2. The molecule has 0 atom stereocenters. The first-order valence-corrected chi connectivity index (χ1v) is 11.7. The van der Waals surface area contributed by atoms with Crippen LogP contribution in [0, 0.1) is 6.92 Å². The van der Waals surface area contributed by atoms with Crippen LogP contribution in [0.25, 0.3) is 0 Å². The van der Waals surface area contributed by atoms with Crippen LogP contribution >= 0.6 is 34.7 Å². The van der Waals surface area contributed by atoms with E-state index in [9.17, 15) is 14.7 Å². The van der Waals surface area contributed by atoms with Gasteiger partial charge >= 0.3 is 12.0 Å². The van der Waals surface area contributed by atoms with E-state index in [0.717, 1.165) is 49.3 Å². The van der Waals surface area contributed by atoms with E-state index >= 15 is 0 Å². The van der Waals surface area contributed by atoms with Gasteiger partial charge in [-0.25, -0.2) is 9.59 Å². The van der Waals surface area contributed by atoms with Crippen LogP contribution in [0.15, 0.2) is 12.1 Å². The molecule has 0 saturated heterocycles. The standard InChI is InChI=1S/C21H28Cl2N4O4S/c1-13-10-16(23)14(11-15(13)22)12-31-18-17(20(28)29)19(32-26-18)25-21(30)24-8-6-4-5-7-9-27(2)3/h10-11H,4-9,12H2,1-3H3,(H,28,29)(H2,24,25,30). The Morgan fingerprint density at radius 1 is 1.16 bits per heavy atom. The van der Waals surface area contributed by atoms with E-state index in [4.69, 9.17) is 27.9 Å². The smallest absolute Gasteiger partial charge is 0.344 e. The van der Waals surface area contributed by atoms with E-state index in [0.29, 0.717) is 22.2 Å². The summed E-state index contributed by atoms with van der Waals surface area (Å²) in [7, 11) is 4.08. The number of carboxylic acid groups (broad SMARTS) is 1. The number of urea groups is 1. The molecule has 0 aliphatic carbocycles. The third-order valence-corrected chi connectivity index (χ3v) is 6.12. The molecule has 1 aromatic heterocycles. The highest BCUT2D eigenvalue weighted by atomic mass is 35.5. The third-order valence-electron chi connectivity index (χ3n) is 4.61. The van der Waals surface area contributed by atoms with Crippen molar-refractivity contribution in [1.29, 1.82) is 0 Å². The van der Waals surface area contributed by atoms with Gasteiger partial charge in [-0.3, -0.25) is 5.32 Å². The number of nitrogens with one attached hydrogen (secondary N) is 2. The topological polar surface area (TPSA) is 104 Å². The summed E-state index contributed by atoms with van der Waals surface area (Å²) in [6.45, 7) is 3.37. The number of amides is 2. The second kappa shape index (κ2) is 12.8. The molecule has 0 saturated carbocycles. The summed E-state index contributed by atoms with van der Waals surface area (Å²) in [5.74, 6) is -1.34. The number of hydrogen-bond donors (Lipinski definition) is 3. The van der Waals surface area contributed by atoms with Crippen LogP contribution in [0.3, 0.4) is 0 Å². The highest BCUT2D eigenvalue weighted by Gasteiger charge is 2.23. The Bertz CT molecular complexity index is 937. The number of ether oxygens (including phenoxy) is 1. The Balaban J connectivity index is 1.89. The van der Waals surface area contributed by atoms with Crippen molar-refractivity contribution in [3.8, 4) is 5.88 Å². The second-order valence-corrected chi connectivity index (χ2v) is 9.16. The number of aromatic carboxylic acids is 1. The molecule has 3 N–H and O–H groups in total. The minimum Gasteiger partial charge on any atom is -0.477 e. The van der Waals surface area contributed by atoms with Crippen LogP contribution in [-0.2, 0) is 6.61 Å². The number of aryl methyl sites for hydroxylation is 1. The molecular formula is C21H28Cl2N4O4S. The highest BCUT2D eigenvalue weighted by Crippen LogP contribution is 2.32. The van der Waals surface area contributed by atoms with Crippen LogP contribution < -0.4 is 15.4 Å². The van der Waals surface area contributed by atoms with Gasteiger partial charge < -0.3 is 20.1 Å². The summed E-state index contributed by atoms with van der Waals surface area (Å²) in [6, 6.07) is 2.89. The van der Waals surface area contributed by atoms with Gasteiger partial charge in [0.05, 0.1) is 0 Å². The van der Waals surface area contributed by atoms with Gasteiger partial charge in [0.25, 0.3) is 0 Å². The molecular weight excluding hydrogens is 475 g/mol. The lowest BCUT2D eigenvalue weighted by molar-refractivity contribution is 0.0693. The maximum Gasteiger partial charge on any atom is 0.344 e. The van der Waals surface area contributed by atoms with Crippen LogP contribution in [0.1, 0.15) is 47.2 Å². The summed E-state index contributed by atoms with van der Waals surface area (Å²) >= 11 is 13.2. The number of halogens is 2. The second-order valence-electron chi connectivity index (χ2n) is 7.58. The zero-order valence-corrected chi connectivity index (χ0v) is 20.7. The van der Waals surface area contributed by atoms with Crippen molar-refractivity contribution >= 4 is 51.7 Å². The van der Waals surface area contributed by atoms with Crippen molar-refractivity contribution in [2.75, 3.05) is 32.5 Å². The summed E-state index contributed by atoms with van der Waals surface area (Å²) in [5.41, 5.74) is 1.22. The fourth-order valence-corrected chi connectivity index (χ4v) is 4.03. The molecule has 0 aliphatic heterocycles. The first kappa shape index (κ1) is 26.2. The number of carbonyl (C=O) groups excluding carboxylic acids is 1. The quantitative estimate of drug-likeness (QED) is 0.341. The van der Waals surface area contributed by atoms with Crippen LogP contribution in [-0.4, -0.2) is 53.6 Å². The molecule has 8 nitrogen and oxygen atoms in total. The fourth-order valence-electron chi connectivity index (χ4n) is 2.85. The molecule has 0 bridgehead atoms. The number of hydrogen-bond acceptors (Lipinski definition) is 6. The lowest BCUT2D eigenvalue weighted by Gasteiger charge is -2.10. The van der Waals surface area contributed by atoms with Gasteiger partial charge in [0, 0.05) is 22.2 Å². The predicted octanol–water partition coefficient (Wildman–Crippen LogP) is 5.28. The molecule has 2 aromatic rings. The van der Waals surface area contributed by atoms with Gasteiger partial charge in [0.15, 0.2) is 5.56 Å². The van der Waals surface area contributed by atoms with Gasteiger partial charge in [-0.1, -0.05) is 36.0 Å². The number of benzene rings is 1. The van der Waals surface area contributed by atoms with Crippen molar-refractivity contribution in [3.63, 3.8) is 0 Å². The average molecular weight is 503 g/mol. The SMILES string of the molecule is Cc1cc(Cl)c(COc2nsc(NC(=O)NCCCCCCN(C)C)c2C(=O)O)cc1Cl. The number of anilines is 1. The molecule has 1 aromatic carbocycles. The average Bonchev–Trinajstić information content (AvgIpc) is 3.11. The fraction of sp³-hybridized carbons (Fsp3) is 0.476. The monoisotopic (exact) mass is 502 g/mol. The number of carbonyl (C=O) groups is 2. The van der Waals surface area contributed by atoms with Gasteiger partial charge in [-0.05, 0) is 69.6 Å². The highest BCUT2D eigenvalue weighted by molar-refractivity contribution is 7.11. The molecule has 176 valence electrons. The largest absolute Gasteiger partial charge is 0.477 e. The van der Waals surface area contributed by atoms with Crippen molar-refractivity contribution < 1.29 is 19.4 Å². The summed E-state index contributed by atoms with van der Waals surface area (Å²) in [5, 5.41) is 15.9. The Kier molecular flexibility index (Phi) is 10.5. The number of aromatic nitrogens is 1. The molecule has 2 amide bonds. The first-order chi connectivity index (χ1) is 15.2. The van der Waals surface area contributed by atoms with Crippen LogP contribution in [0.4, 0.5) is 9.80 Å². The lowest BCUT2D eigenvalue weighted by atomic mass is 10.1. The summed E-state index contributed by atoms with van der Waals surface area (Å²) < 4.78 is 9.61. The molecule has 32 heavy (non-hydrogen) atoms. The van der Waals surface area contributed by atoms with Gasteiger partial charge in [0.2, 0.25) is 5.88 Å². The molecule has 0 unspecified atom stereocenters. The number of unbranched alkanes of at least 4 members (excludes halogenated alkanes) is 3. The van der Waals surface area contributed by atoms with Crippen molar-refractivity contribution in [2.24, 2.45) is 0 Å². The van der Waals surface area contributed by atoms with Crippen LogP contribution in [0.5, 0.6) is 5.88 Å². The molecule has 2 rings (SSSR count). The molecule has 0 fully saturated rings. The van der Waals surface area contributed by atoms with E-state index in [-0.39, 0.29) is 23.1 Å². The molecule has 0 radical (unpaired) electrons. The van der Waals surface area contributed by atoms with Gasteiger partial charge in [-0.15, -0.1) is 0 Å². The molecule has 0 spiro atoms. The normalized spacial score (nSPS) is 10.9. The number of nitrogens with zero attached hydrogens (tertiary/aromatic N) is 2. The Morgan fingerprint density at radius 2 is 1.88 bits per heavy atom. The van der Waals surface area contributed by atoms with Gasteiger partial charge in [0.1, 0.15) is 11.6 Å². The minimum atomic E-state index is -1.25.